The van der Waals surface area contributed by atoms with E-state index >= 15 is 0 Å². The maximum absolute atomic E-state index is 11.5. The third kappa shape index (κ3) is 7.17. The molecule has 0 aliphatic heterocycles. The molecule has 6 nitrogen and oxygen atoms in total. The lowest BCUT2D eigenvalue weighted by Crippen LogP contribution is -2.38. The van der Waals surface area contributed by atoms with Crippen LogP contribution in [0.3, 0.4) is 0 Å². The predicted octanol–water partition coefficient (Wildman–Crippen LogP) is 2.17. The molecule has 6 heteroatoms. The normalized spacial score (nSPS) is 13.8. The maximum Gasteiger partial charge on any atom is 0.407 e. The largest absolute Gasteiger partial charge is 0.490 e. The summed E-state index contributed by atoms with van der Waals surface area (Å²) in [6.07, 6.45) is -1.28. The Bertz CT molecular complexity index is 507. The zero-order valence-corrected chi connectivity index (χ0v) is 13.8. The molecule has 1 amide bonds. The van der Waals surface area contributed by atoms with E-state index in [2.05, 4.69) is 11.9 Å². The molecule has 0 bridgehead atoms. The van der Waals surface area contributed by atoms with Gasteiger partial charge >= 0.3 is 6.09 Å². The van der Waals surface area contributed by atoms with Gasteiger partial charge in [-0.2, -0.15) is 0 Å². The van der Waals surface area contributed by atoms with Crippen LogP contribution in [-0.2, 0) is 4.74 Å². The number of carbonyl (C=O) groups is 1. The third-order valence-electron chi connectivity index (χ3n) is 2.81. The summed E-state index contributed by atoms with van der Waals surface area (Å²) in [7, 11) is 0. The van der Waals surface area contributed by atoms with Gasteiger partial charge in [-0.15, -0.1) is 0 Å². The molecule has 1 aromatic carbocycles. The molecule has 0 heterocycles. The molecule has 128 valence electrons. The first kappa shape index (κ1) is 19.0. The van der Waals surface area contributed by atoms with E-state index in [0.29, 0.717) is 17.9 Å². The van der Waals surface area contributed by atoms with E-state index in [-0.39, 0.29) is 6.54 Å². The van der Waals surface area contributed by atoms with Crippen molar-refractivity contribution in [2.24, 2.45) is 0 Å². The molecule has 1 rings (SSSR count). The number of benzene rings is 1. The van der Waals surface area contributed by atoms with Crippen molar-refractivity contribution in [2.45, 2.75) is 38.6 Å². The van der Waals surface area contributed by atoms with Crippen molar-refractivity contribution < 1.29 is 24.5 Å². The van der Waals surface area contributed by atoms with Crippen LogP contribution in [0.5, 0.6) is 5.75 Å². The molecule has 0 aromatic heterocycles. The number of hydrogen-bond acceptors (Lipinski definition) is 5. The quantitative estimate of drug-likeness (QED) is 0.669. The van der Waals surface area contributed by atoms with Gasteiger partial charge in [-0.25, -0.2) is 4.79 Å². The highest BCUT2D eigenvalue weighted by atomic mass is 16.6. The third-order valence-corrected chi connectivity index (χ3v) is 2.81. The van der Waals surface area contributed by atoms with Gasteiger partial charge in [0.1, 0.15) is 30.2 Å². The fraction of sp³-hybridized carbons (Fsp3) is 0.471. The summed E-state index contributed by atoms with van der Waals surface area (Å²) in [4.78, 5) is 11.5. The minimum absolute atomic E-state index is 0.120. The first-order valence-corrected chi connectivity index (χ1v) is 7.39. The Morgan fingerprint density at radius 2 is 1.91 bits per heavy atom. The number of carbonyl (C=O) groups excluding carboxylic acids is 1. The minimum Gasteiger partial charge on any atom is -0.490 e. The molecule has 0 saturated carbocycles. The molecule has 0 fully saturated rings. The fourth-order valence-corrected chi connectivity index (χ4v) is 1.75. The topological polar surface area (TPSA) is 88.0 Å². The van der Waals surface area contributed by atoms with Crippen molar-refractivity contribution in [3.05, 3.63) is 42.5 Å². The van der Waals surface area contributed by atoms with Crippen LogP contribution in [-0.4, -0.2) is 41.2 Å². The van der Waals surface area contributed by atoms with Gasteiger partial charge in [-0.1, -0.05) is 24.8 Å². The summed E-state index contributed by atoms with van der Waals surface area (Å²) >= 11 is 0. The van der Waals surface area contributed by atoms with Gasteiger partial charge in [0.15, 0.2) is 0 Å². The molecule has 2 atom stereocenters. The van der Waals surface area contributed by atoms with Crippen LogP contribution in [0.4, 0.5) is 4.79 Å². The van der Waals surface area contributed by atoms with Crippen LogP contribution in [0.25, 0.3) is 0 Å². The molecular weight excluding hydrogens is 298 g/mol. The van der Waals surface area contributed by atoms with Gasteiger partial charge in [-0.3, -0.25) is 0 Å². The van der Waals surface area contributed by atoms with Crippen LogP contribution in [0, 0.1) is 0 Å². The van der Waals surface area contributed by atoms with Crippen LogP contribution in [0.1, 0.15) is 32.4 Å². The smallest absolute Gasteiger partial charge is 0.407 e. The Labute approximate surface area is 136 Å². The number of rotatable bonds is 7. The lowest BCUT2D eigenvalue weighted by molar-refractivity contribution is 0.0129. The van der Waals surface area contributed by atoms with E-state index in [1.807, 2.05) is 0 Å². The van der Waals surface area contributed by atoms with Gasteiger partial charge in [0.05, 0.1) is 0 Å². The molecule has 1 aromatic rings. The second-order valence-corrected chi connectivity index (χ2v) is 6.06. The molecule has 0 aliphatic carbocycles. The van der Waals surface area contributed by atoms with Gasteiger partial charge in [0.2, 0.25) is 0 Å². The average molecular weight is 323 g/mol. The summed E-state index contributed by atoms with van der Waals surface area (Å²) in [6.45, 7) is 9.06. The second kappa shape index (κ2) is 8.55. The molecule has 0 spiro atoms. The molecule has 0 saturated heterocycles. The first-order valence-electron chi connectivity index (χ1n) is 7.39. The standard InChI is InChI=1S/C17H25NO5/c1-5-10-22-13-8-6-12(7-9-13)15(20)14(19)11-18-16(21)23-17(2,3)4/h5-9,14-15,19-20H,1,10-11H2,2-4H3,(H,18,21). The van der Waals surface area contributed by atoms with Crippen molar-refractivity contribution >= 4 is 6.09 Å². The van der Waals surface area contributed by atoms with Crippen LogP contribution in [0.2, 0.25) is 0 Å². The highest BCUT2D eigenvalue weighted by Crippen LogP contribution is 2.20. The lowest BCUT2D eigenvalue weighted by atomic mass is 10.0. The first-order chi connectivity index (χ1) is 10.7. The van der Waals surface area contributed by atoms with Crippen molar-refractivity contribution in [3.8, 4) is 5.75 Å². The van der Waals surface area contributed by atoms with E-state index in [4.69, 9.17) is 9.47 Å². The van der Waals surface area contributed by atoms with Gasteiger partial charge in [-0.05, 0) is 38.5 Å². The van der Waals surface area contributed by atoms with Crippen molar-refractivity contribution in [1.29, 1.82) is 0 Å². The number of alkyl carbamates (subject to hydrolysis) is 1. The van der Waals surface area contributed by atoms with E-state index in [9.17, 15) is 15.0 Å². The zero-order valence-electron chi connectivity index (χ0n) is 13.8. The fourth-order valence-electron chi connectivity index (χ4n) is 1.75. The molecule has 23 heavy (non-hydrogen) atoms. The number of aliphatic hydroxyl groups excluding tert-OH is 2. The summed E-state index contributed by atoms with van der Waals surface area (Å²) < 4.78 is 10.4. The van der Waals surface area contributed by atoms with Gasteiger partial charge < -0.3 is 25.0 Å². The summed E-state index contributed by atoms with van der Waals surface area (Å²) in [5.41, 5.74) is -0.0935. The highest BCUT2D eigenvalue weighted by Gasteiger charge is 2.21. The van der Waals surface area contributed by atoms with E-state index in [0.717, 1.165) is 0 Å². The summed E-state index contributed by atoms with van der Waals surface area (Å²) in [6, 6.07) is 6.69. The van der Waals surface area contributed by atoms with Gasteiger partial charge in [0, 0.05) is 6.54 Å². The minimum atomic E-state index is -1.15. The van der Waals surface area contributed by atoms with E-state index in [1.54, 1.807) is 51.1 Å². The van der Waals surface area contributed by atoms with Crippen LogP contribution < -0.4 is 10.1 Å². The van der Waals surface area contributed by atoms with Crippen molar-refractivity contribution in [2.75, 3.05) is 13.2 Å². The number of hydrogen-bond donors (Lipinski definition) is 3. The van der Waals surface area contributed by atoms with Gasteiger partial charge in [0.25, 0.3) is 0 Å². The van der Waals surface area contributed by atoms with Crippen molar-refractivity contribution in [3.63, 3.8) is 0 Å². The Morgan fingerprint density at radius 1 is 1.30 bits per heavy atom. The summed E-state index contributed by atoms with van der Waals surface area (Å²) in [5.74, 6) is 0.641. The molecule has 0 aliphatic rings. The zero-order chi connectivity index (χ0) is 17.5. The Kier molecular flexibility index (Phi) is 7.06. The monoisotopic (exact) mass is 323 g/mol. The second-order valence-electron chi connectivity index (χ2n) is 6.06. The molecular formula is C17H25NO5. The number of ether oxygens (including phenoxy) is 2. The maximum atomic E-state index is 11.5. The van der Waals surface area contributed by atoms with E-state index in [1.165, 1.54) is 0 Å². The van der Waals surface area contributed by atoms with Crippen molar-refractivity contribution in [1.82, 2.24) is 5.32 Å². The highest BCUT2D eigenvalue weighted by molar-refractivity contribution is 5.67. The number of amides is 1. The molecule has 3 N–H and O–H groups in total. The lowest BCUT2D eigenvalue weighted by Gasteiger charge is -2.22. The van der Waals surface area contributed by atoms with E-state index < -0.39 is 23.9 Å². The SMILES string of the molecule is C=CCOc1ccc(C(O)C(O)CNC(=O)OC(C)(C)C)cc1. The number of nitrogens with one attached hydrogen (secondary N) is 1. The number of aliphatic hydroxyl groups is 2. The Morgan fingerprint density at radius 3 is 2.43 bits per heavy atom. The Hall–Kier alpha value is -2.05. The van der Waals surface area contributed by atoms with Crippen LogP contribution >= 0.6 is 0 Å². The average Bonchev–Trinajstić information content (AvgIpc) is 2.48. The summed E-state index contributed by atoms with van der Waals surface area (Å²) in [5, 5.41) is 22.5. The Balaban J connectivity index is 2.51. The predicted molar refractivity (Wildman–Crippen MR) is 87.3 cm³/mol. The molecule has 0 radical (unpaired) electrons. The molecule has 2 unspecified atom stereocenters. The van der Waals surface area contributed by atoms with Crippen LogP contribution in [0.15, 0.2) is 36.9 Å².